The van der Waals surface area contributed by atoms with Gasteiger partial charge in [-0.15, -0.1) is 0 Å². The minimum atomic E-state index is -3.29. The van der Waals surface area contributed by atoms with Gasteiger partial charge in [0.25, 0.3) is 0 Å². The van der Waals surface area contributed by atoms with Gasteiger partial charge in [0.1, 0.15) is 0 Å². The molecule has 0 saturated carbocycles. The number of sulfone groups is 1. The van der Waals surface area contributed by atoms with Crippen LogP contribution in [0, 0.1) is 0 Å². The van der Waals surface area contributed by atoms with Crippen molar-refractivity contribution in [3.8, 4) is 11.3 Å². The lowest BCUT2D eigenvalue weighted by molar-refractivity contribution is 0.582. The van der Waals surface area contributed by atoms with Gasteiger partial charge in [0.15, 0.2) is 15.7 Å². The van der Waals surface area contributed by atoms with E-state index in [9.17, 15) is 8.42 Å². The van der Waals surface area contributed by atoms with E-state index in [0.717, 1.165) is 48.8 Å². The SMILES string of the molecule is O=S1(=O)Cc2c(N3CCNCC3)n[nH]c2-c2ccccc21. The maximum atomic E-state index is 12.5. The fourth-order valence-corrected chi connectivity index (χ4v) is 4.67. The molecule has 3 heterocycles. The van der Waals surface area contributed by atoms with Crippen molar-refractivity contribution in [3.63, 3.8) is 0 Å². The molecule has 2 aromatic rings. The van der Waals surface area contributed by atoms with Gasteiger partial charge in [0, 0.05) is 37.3 Å². The van der Waals surface area contributed by atoms with Gasteiger partial charge < -0.3 is 10.2 Å². The third kappa shape index (κ3) is 1.96. The van der Waals surface area contributed by atoms with Crippen LogP contribution in [-0.4, -0.2) is 44.8 Å². The molecule has 1 fully saturated rings. The van der Waals surface area contributed by atoms with E-state index in [1.807, 2.05) is 12.1 Å². The lowest BCUT2D eigenvalue weighted by Gasteiger charge is -2.29. The predicted molar refractivity (Wildman–Crippen MR) is 80.0 cm³/mol. The molecule has 1 aromatic carbocycles. The van der Waals surface area contributed by atoms with Gasteiger partial charge >= 0.3 is 0 Å². The number of anilines is 1. The van der Waals surface area contributed by atoms with Crippen molar-refractivity contribution >= 4 is 15.7 Å². The molecule has 0 aliphatic carbocycles. The highest BCUT2D eigenvalue weighted by molar-refractivity contribution is 7.90. The number of H-pyrrole nitrogens is 1. The molecule has 6 nitrogen and oxygen atoms in total. The Bertz CT molecular complexity index is 791. The van der Waals surface area contributed by atoms with Gasteiger partial charge in [-0.1, -0.05) is 18.2 Å². The van der Waals surface area contributed by atoms with Crippen molar-refractivity contribution in [1.29, 1.82) is 0 Å². The quantitative estimate of drug-likeness (QED) is 0.814. The Morgan fingerprint density at radius 3 is 2.71 bits per heavy atom. The Hall–Kier alpha value is -1.86. The maximum absolute atomic E-state index is 12.5. The van der Waals surface area contributed by atoms with Gasteiger partial charge in [-0.05, 0) is 6.07 Å². The molecular weight excluding hydrogens is 288 g/mol. The Morgan fingerprint density at radius 2 is 1.90 bits per heavy atom. The smallest absolute Gasteiger partial charge is 0.183 e. The fourth-order valence-electron chi connectivity index (χ4n) is 3.07. The second-order valence-corrected chi connectivity index (χ2v) is 7.35. The lowest BCUT2D eigenvalue weighted by atomic mass is 10.1. The average Bonchev–Trinajstić information content (AvgIpc) is 2.91. The molecule has 1 aromatic heterocycles. The Morgan fingerprint density at radius 1 is 1.14 bits per heavy atom. The van der Waals surface area contributed by atoms with Gasteiger partial charge in [0.05, 0.1) is 16.3 Å². The summed E-state index contributed by atoms with van der Waals surface area (Å²) in [6.07, 6.45) is 0. The third-order valence-corrected chi connectivity index (χ3v) is 5.78. The zero-order valence-corrected chi connectivity index (χ0v) is 12.3. The number of piperazine rings is 1. The number of nitrogens with one attached hydrogen (secondary N) is 2. The van der Waals surface area contributed by atoms with Crippen LogP contribution in [0.3, 0.4) is 0 Å². The number of hydrogen-bond acceptors (Lipinski definition) is 5. The molecule has 1 saturated heterocycles. The van der Waals surface area contributed by atoms with Gasteiger partial charge in [-0.2, -0.15) is 5.10 Å². The molecule has 0 bridgehead atoms. The van der Waals surface area contributed by atoms with Gasteiger partial charge in [0.2, 0.25) is 0 Å². The van der Waals surface area contributed by atoms with E-state index in [4.69, 9.17) is 0 Å². The van der Waals surface area contributed by atoms with Crippen LogP contribution in [0.25, 0.3) is 11.3 Å². The summed E-state index contributed by atoms with van der Waals surface area (Å²) in [5.74, 6) is 0.805. The van der Waals surface area contributed by atoms with E-state index in [0.29, 0.717) is 4.90 Å². The minimum absolute atomic E-state index is 0.0229. The van der Waals surface area contributed by atoms with Crippen LogP contribution < -0.4 is 10.2 Å². The first-order valence-electron chi connectivity index (χ1n) is 7.02. The molecule has 21 heavy (non-hydrogen) atoms. The van der Waals surface area contributed by atoms with Crippen LogP contribution in [0.1, 0.15) is 5.56 Å². The van der Waals surface area contributed by atoms with Crippen molar-refractivity contribution in [2.45, 2.75) is 10.6 Å². The Balaban J connectivity index is 1.87. The third-order valence-electron chi connectivity index (χ3n) is 4.09. The van der Waals surface area contributed by atoms with E-state index in [1.165, 1.54) is 0 Å². The predicted octanol–water partition coefficient (Wildman–Crippen LogP) is 0.774. The van der Waals surface area contributed by atoms with Gasteiger partial charge in [-0.25, -0.2) is 8.42 Å². The molecule has 0 atom stereocenters. The Kier molecular flexibility index (Phi) is 2.80. The molecule has 4 rings (SSSR count). The summed E-state index contributed by atoms with van der Waals surface area (Å²) in [6.45, 7) is 3.48. The second kappa shape index (κ2) is 4.57. The number of fused-ring (bicyclic) bond motifs is 3. The normalized spacial score (nSPS) is 19.9. The first-order valence-corrected chi connectivity index (χ1v) is 8.67. The first kappa shape index (κ1) is 12.8. The Labute approximate surface area is 123 Å². The van der Waals surface area contributed by atoms with E-state index >= 15 is 0 Å². The highest BCUT2D eigenvalue weighted by atomic mass is 32.2. The summed E-state index contributed by atoms with van der Waals surface area (Å²) in [6, 6.07) is 7.12. The summed E-state index contributed by atoms with van der Waals surface area (Å²) in [5, 5.41) is 10.7. The van der Waals surface area contributed by atoms with Crippen molar-refractivity contribution in [3.05, 3.63) is 29.8 Å². The molecule has 0 amide bonds. The molecule has 0 radical (unpaired) electrons. The fraction of sp³-hybridized carbons (Fsp3) is 0.357. The molecule has 2 N–H and O–H groups in total. The minimum Gasteiger partial charge on any atom is -0.352 e. The maximum Gasteiger partial charge on any atom is 0.183 e. The number of aromatic nitrogens is 2. The molecule has 0 unspecified atom stereocenters. The zero-order valence-electron chi connectivity index (χ0n) is 11.5. The molecule has 0 spiro atoms. The average molecular weight is 304 g/mol. The molecule has 110 valence electrons. The van der Waals surface area contributed by atoms with Crippen LogP contribution in [0.15, 0.2) is 29.2 Å². The number of nitrogens with zero attached hydrogens (tertiary/aromatic N) is 2. The highest BCUT2D eigenvalue weighted by Crippen LogP contribution is 2.40. The molecule has 7 heteroatoms. The number of aromatic amines is 1. The van der Waals surface area contributed by atoms with Crippen LogP contribution in [0.4, 0.5) is 5.82 Å². The molecular formula is C14H16N4O2S. The highest BCUT2D eigenvalue weighted by Gasteiger charge is 2.33. The lowest BCUT2D eigenvalue weighted by Crippen LogP contribution is -2.44. The summed E-state index contributed by atoms with van der Waals surface area (Å²) in [7, 11) is -3.29. The number of rotatable bonds is 1. The van der Waals surface area contributed by atoms with E-state index in [1.54, 1.807) is 12.1 Å². The van der Waals surface area contributed by atoms with Crippen molar-refractivity contribution < 1.29 is 8.42 Å². The number of hydrogen-bond donors (Lipinski definition) is 2. The summed E-state index contributed by atoms with van der Waals surface area (Å²) in [5.41, 5.74) is 2.37. The second-order valence-electron chi connectivity index (χ2n) is 5.39. The topological polar surface area (TPSA) is 78.1 Å². The zero-order chi connectivity index (χ0) is 14.4. The summed E-state index contributed by atoms with van der Waals surface area (Å²) in [4.78, 5) is 2.54. The first-order chi connectivity index (χ1) is 10.2. The standard InChI is InChI=1S/C14H16N4O2S/c19-21(20)9-11-13(10-3-1-2-4-12(10)21)16-17-14(11)18-7-5-15-6-8-18/h1-4,15H,5-9H2,(H,16,17). The summed E-state index contributed by atoms with van der Waals surface area (Å²) < 4.78 is 25.0. The van der Waals surface area contributed by atoms with Gasteiger partial charge in [-0.3, -0.25) is 5.10 Å². The van der Waals surface area contributed by atoms with Crippen molar-refractivity contribution in [2.24, 2.45) is 0 Å². The number of benzene rings is 1. The van der Waals surface area contributed by atoms with E-state index in [2.05, 4.69) is 20.4 Å². The van der Waals surface area contributed by atoms with Crippen LogP contribution in [0.5, 0.6) is 0 Å². The van der Waals surface area contributed by atoms with Crippen molar-refractivity contribution in [1.82, 2.24) is 15.5 Å². The summed E-state index contributed by atoms with van der Waals surface area (Å²) >= 11 is 0. The van der Waals surface area contributed by atoms with Crippen LogP contribution in [0.2, 0.25) is 0 Å². The van der Waals surface area contributed by atoms with Crippen LogP contribution in [-0.2, 0) is 15.6 Å². The molecule has 2 aliphatic heterocycles. The largest absolute Gasteiger partial charge is 0.352 e. The molecule has 2 aliphatic rings. The monoisotopic (exact) mass is 304 g/mol. The van der Waals surface area contributed by atoms with Crippen LogP contribution >= 0.6 is 0 Å². The van der Waals surface area contributed by atoms with E-state index in [-0.39, 0.29) is 5.75 Å². The van der Waals surface area contributed by atoms with Crippen molar-refractivity contribution in [2.75, 3.05) is 31.1 Å². The van der Waals surface area contributed by atoms with E-state index < -0.39 is 9.84 Å².